The fraction of sp³-hybridized carbons (Fsp3) is 0.507. The van der Waals surface area contributed by atoms with Crippen molar-refractivity contribution in [1.82, 2.24) is 16.0 Å². The van der Waals surface area contributed by atoms with Crippen molar-refractivity contribution in [3.63, 3.8) is 0 Å². The number of alkyl carbamates (subject to hydrolysis) is 3. The smallest absolute Gasteiger partial charge is 0.407 e. The molecule has 466 valence electrons. The molecule has 4 aromatic rings. The average Bonchev–Trinajstić information content (AvgIpc) is 3.54. The minimum Gasteiger partial charge on any atom is -0.453 e. The third-order valence-electron chi connectivity index (χ3n) is 11.0. The number of nitrogens with two attached hydrogens (primary N) is 1. The average molecular weight is 1130 g/mol. The molecule has 4 aromatic carbocycles. The first-order valence-corrected chi connectivity index (χ1v) is 29.9. The van der Waals surface area contributed by atoms with Gasteiger partial charge in [-0.05, 0) is 135 Å². The molecule has 0 aliphatic heterocycles. The van der Waals surface area contributed by atoms with E-state index in [0.717, 1.165) is 16.7 Å². The number of hydrogen-bond donors (Lipinski definition) is 4. The molecule has 0 aliphatic rings. The van der Waals surface area contributed by atoms with Gasteiger partial charge in [-0.25, -0.2) is 14.4 Å². The summed E-state index contributed by atoms with van der Waals surface area (Å²) in [5, 5.41) is 8.17. The number of methoxy groups -OCH3 is 3. The topological polar surface area (TPSA) is 141 Å². The lowest BCUT2D eigenvalue weighted by molar-refractivity contribution is 0.168. The van der Waals surface area contributed by atoms with Crippen molar-refractivity contribution in [3.8, 4) is 0 Å². The Bertz CT molecular complexity index is 2020. The summed E-state index contributed by atoms with van der Waals surface area (Å²) in [6, 6.07) is 41.0. The second kappa shape index (κ2) is 69.7. The van der Waals surface area contributed by atoms with Crippen molar-refractivity contribution in [2.24, 2.45) is 5.73 Å². The van der Waals surface area contributed by atoms with Crippen molar-refractivity contribution in [2.75, 3.05) is 21.3 Å². The molecule has 0 bridgehead atoms. The van der Waals surface area contributed by atoms with E-state index >= 15 is 0 Å². The highest BCUT2D eigenvalue weighted by atomic mass is 16.5. The molecule has 4 rings (SSSR count). The van der Waals surface area contributed by atoms with Gasteiger partial charge in [0.05, 0.1) is 39.5 Å². The van der Waals surface area contributed by atoms with E-state index in [9.17, 15) is 14.4 Å². The number of benzene rings is 4. The third-order valence-corrected chi connectivity index (χ3v) is 11.0. The molecule has 0 fully saturated rings. The van der Waals surface area contributed by atoms with Crippen LogP contribution in [0.5, 0.6) is 0 Å². The van der Waals surface area contributed by atoms with Gasteiger partial charge >= 0.3 is 18.3 Å². The van der Waals surface area contributed by atoms with E-state index in [1.54, 1.807) is 0 Å². The minimum absolute atomic E-state index is 0.0392. The van der Waals surface area contributed by atoms with Crippen LogP contribution in [0.15, 0.2) is 150 Å². The van der Waals surface area contributed by atoms with Crippen LogP contribution in [-0.2, 0) is 14.2 Å². The molecule has 10 heteroatoms. The van der Waals surface area contributed by atoms with Gasteiger partial charge in [-0.15, -0.1) is 0 Å². The number of ether oxygens (including phenoxy) is 3. The molecule has 5 N–H and O–H groups in total. The zero-order valence-electron chi connectivity index (χ0n) is 58.0. The number of carbonyl (C=O) groups is 3. The van der Waals surface area contributed by atoms with Crippen LogP contribution in [-0.4, -0.2) is 63.8 Å². The Kier molecular flexibility index (Phi) is 80.8. The highest BCUT2D eigenvalue weighted by molar-refractivity contribution is 5.72. The highest BCUT2D eigenvalue weighted by Crippen LogP contribution is 2.22. The minimum atomic E-state index is -0.405. The van der Waals surface area contributed by atoms with Gasteiger partial charge in [0.15, 0.2) is 0 Å². The van der Waals surface area contributed by atoms with Crippen molar-refractivity contribution < 1.29 is 28.6 Å². The van der Waals surface area contributed by atoms with E-state index in [1.165, 1.54) is 65.9 Å². The first-order valence-electron chi connectivity index (χ1n) is 29.9. The molecule has 4 unspecified atom stereocenters. The Morgan fingerprint density at radius 2 is 0.593 bits per heavy atom. The van der Waals surface area contributed by atoms with Gasteiger partial charge in [0, 0.05) is 6.04 Å². The second-order valence-electron chi connectivity index (χ2n) is 15.6. The SMILES string of the molecule is C/C(=C(/C)C(C)N)c1ccccc1.C/C=C(/C)C(C)NC(=O)OC.CC.CC.CC.CC.CC.CC.CC.CC.COC(=O)NC(C)/C(C)=C(\C)c1ccccc1.COC(=O)NC(C)/C(C)=C(\C)c1ccccc1.Cc1ccccc1. The normalized spacial score (nSPS) is 11.4. The molecule has 0 aliphatic carbocycles. The number of carbonyl (C=O) groups excluding carboxylic acids is 3. The highest BCUT2D eigenvalue weighted by Gasteiger charge is 2.13. The summed E-state index contributed by atoms with van der Waals surface area (Å²) in [7, 11) is 4.09. The molecule has 0 saturated heterocycles. The predicted octanol–water partition coefficient (Wildman–Crippen LogP) is 21.2. The molecular formula is C71H126N4O6. The van der Waals surface area contributed by atoms with Crippen LogP contribution in [0.4, 0.5) is 14.4 Å². The van der Waals surface area contributed by atoms with Crippen LogP contribution in [0.1, 0.15) is 216 Å². The number of hydrogen-bond acceptors (Lipinski definition) is 7. The molecule has 3 amide bonds. The first-order chi connectivity index (χ1) is 38.7. The van der Waals surface area contributed by atoms with Gasteiger partial charge in [0.25, 0.3) is 0 Å². The van der Waals surface area contributed by atoms with Crippen molar-refractivity contribution in [3.05, 3.63) is 172 Å². The van der Waals surface area contributed by atoms with Crippen LogP contribution in [0.2, 0.25) is 0 Å². The van der Waals surface area contributed by atoms with E-state index in [0.29, 0.717) is 0 Å². The molecule has 0 heterocycles. The molecule has 4 atom stereocenters. The Morgan fingerprint density at radius 3 is 0.778 bits per heavy atom. The summed E-state index contributed by atoms with van der Waals surface area (Å²) in [6.45, 7) is 58.1. The molecule has 0 saturated carbocycles. The van der Waals surface area contributed by atoms with Gasteiger partial charge in [-0.2, -0.15) is 0 Å². The summed E-state index contributed by atoms with van der Waals surface area (Å²) in [5.41, 5.74) is 19.0. The molecule has 0 radical (unpaired) electrons. The largest absolute Gasteiger partial charge is 0.453 e. The first kappa shape index (κ1) is 93.9. The van der Waals surface area contributed by atoms with E-state index in [2.05, 4.69) is 113 Å². The zero-order valence-corrected chi connectivity index (χ0v) is 58.0. The number of allylic oxidation sites excluding steroid dienone is 4. The number of nitrogens with one attached hydrogen (secondary N) is 3. The van der Waals surface area contributed by atoms with Gasteiger partial charge < -0.3 is 35.9 Å². The summed E-state index contributed by atoms with van der Waals surface area (Å²) >= 11 is 0. The summed E-state index contributed by atoms with van der Waals surface area (Å²) < 4.78 is 13.6. The van der Waals surface area contributed by atoms with Crippen molar-refractivity contribution >= 4 is 35.0 Å². The maximum atomic E-state index is 11.1. The third kappa shape index (κ3) is 51.5. The lowest BCUT2D eigenvalue weighted by Crippen LogP contribution is -2.33. The van der Waals surface area contributed by atoms with Gasteiger partial charge in [-0.1, -0.05) is 255 Å². The van der Waals surface area contributed by atoms with Crippen molar-refractivity contribution in [1.29, 1.82) is 0 Å². The van der Waals surface area contributed by atoms with Gasteiger partial charge in [-0.3, -0.25) is 0 Å². The molecule has 0 spiro atoms. The van der Waals surface area contributed by atoms with E-state index < -0.39 is 18.3 Å². The molecular weight excluding hydrogens is 1000 g/mol. The number of aryl methyl sites for hydroxylation is 1. The summed E-state index contributed by atoms with van der Waals surface area (Å²) in [4.78, 5) is 32.9. The van der Waals surface area contributed by atoms with Gasteiger partial charge in [0.1, 0.15) is 0 Å². The van der Waals surface area contributed by atoms with E-state index in [1.807, 2.05) is 245 Å². The monoisotopic (exact) mass is 1130 g/mol. The van der Waals surface area contributed by atoms with Crippen LogP contribution < -0.4 is 21.7 Å². The fourth-order valence-corrected chi connectivity index (χ4v) is 5.56. The Labute approximate surface area is 501 Å². The van der Waals surface area contributed by atoms with Crippen molar-refractivity contribution in [2.45, 2.75) is 225 Å². The summed E-state index contributed by atoms with van der Waals surface area (Å²) in [5.74, 6) is 0. The molecule has 0 aromatic heterocycles. The van der Waals surface area contributed by atoms with E-state index in [4.69, 9.17) is 5.73 Å². The standard InChI is InChI=1S/2C14H19NO2.C12H17N.C8H15NO2.C7H8.8C2H6/c2*1-10(12(3)15-14(16)17-4)11(2)13-8-6-5-7-9-13;1-9(11(3)13)10(2)12-7-5-4-6-8-12;1-5-6(2)7(3)9-8(10)11-4;1-7-5-3-2-4-6-7;8*1-2/h2*5-9,12H,1-4H3,(H,15,16);4-8,11H,13H2,1-3H3;5,7H,1-4H3,(H,9,10);2-6H,1H3;8*1-2H3/b2*11-10+;10-9+;6-5-;;;;;;;;;. The quantitative estimate of drug-likeness (QED) is 0.0915. The van der Waals surface area contributed by atoms with Crippen LogP contribution >= 0.6 is 0 Å². The second-order valence-corrected chi connectivity index (χ2v) is 15.6. The maximum Gasteiger partial charge on any atom is 0.407 e. The Morgan fingerprint density at radius 1 is 0.383 bits per heavy atom. The number of rotatable bonds is 10. The lowest BCUT2D eigenvalue weighted by Gasteiger charge is -2.17. The van der Waals surface area contributed by atoms with Crippen LogP contribution in [0, 0.1) is 6.92 Å². The Balaban J connectivity index is -0.000000109. The molecule has 10 nitrogen and oxygen atoms in total. The van der Waals surface area contributed by atoms with Crippen LogP contribution in [0.3, 0.4) is 0 Å². The lowest BCUT2D eigenvalue weighted by atomic mass is 9.98. The number of amides is 3. The van der Waals surface area contributed by atoms with Gasteiger partial charge in [0.2, 0.25) is 0 Å². The predicted molar refractivity (Wildman–Crippen MR) is 364 cm³/mol. The zero-order chi connectivity index (χ0) is 65.5. The van der Waals surface area contributed by atoms with Crippen LogP contribution in [0.25, 0.3) is 16.7 Å². The molecule has 81 heavy (non-hydrogen) atoms. The maximum absolute atomic E-state index is 11.1. The summed E-state index contributed by atoms with van der Waals surface area (Å²) in [6.07, 6.45) is 0.759. The van der Waals surface area contributed by atoms with E-state index in [-0.39, 0.29) is 24.2 Å². The Hall–Kier alpha value is -6.39. The fourth-order valence-electron chi connectivity index (χ4n) is 5.56.